The monoisotopic (exact) mass is 548 g/mol. The number of aromatic nitrogens is 2. The Morgan fingerprint density at radius 2 is 1.80 bits per heavy atom. The van der Waals surface area contributed by atoms with E-state index in [-0.39, 0.29) is 6.03 Å². The number of pyridine rings is 1. The summed E-state index contributed by atoms with van der Waals surface area (Å²) < 4.78 is 13.8. The van der Waals surface area contributed by atoms with Gasteiger partial charge in [-0.25, -0.2) is 9.78 Å². The lowest BCUT2D eigenvalue weighted by molar-refractivity contribution is 0.150. The minimum atomic E-state index is 0.0211. The van der Waals surface area contributed by atoms with Crippen LogP contribution < -0.4 is 14.4 Å². The number of hydrogen-bond acceptors (Lipinski definition) is 6. The van der Waals surface area contributed by atoms with Crippen molar-refractivity contribution in [3.8, 4) is 11.5 Å². The molecular weight excluding hydrogens is 504 g/mol. The Hall–Kier alpha value is -3.30. The molecule has 0 bridgehead atoms. The van der Waals surface area contributed by atoms with Gasteiger partial charge in [0.1, 0.15) is 5.65 Å². The van der Waals surface area contributed by atoms with E-state index in [1.165, 1.54) is 0 Å². The fourth-order valence-electron chi connectivity index (χ4n) is 5.64. The van der Waals surface area contributed by atoms with Crippen molar-refractivity contribution in [2.75, 3.05) is 71.5 Å². The van der Waals surface area contributed by atoms with Gasteiger partial charge < -0.3 is 23.8 Å². The summed E-state index contributed by atoms with van der Waals surface area (Å²) in [5.41, 5.74) is 2.97. The fraction of sp³-hybridized carbons (Fsp3) is 0.548. The standard InChI is InChI=1S/C31H44N6O3/c1-4-5-6-22-40-29-23-26(8-9-28(29)39-3)37-14-7-13-36(31(37)38)24-25-10-12-32-30-27(25)11-15-35(30)21-20-34-18-16-33(2)17-19-34/h8-12,15,23H,4-7,13-14,16-22,24H2,1-3H3. The van der Waals surface area contributed by atoms with Crippen molar-refractivity contribution in [2.24, 2.45) is 0 Å². The second-order valence-corrected chi connectivity index (χ2v) is 11.0. The van der Waals surface area contributed by atoms with Crippen molar-refractivity contribution in [2.45, 2.75) is 45.7 Å². The number of methoxy groups -OCH3 is 1. The normalized spacial score (nSPS) is 17.1. The highest BCUT2D eigenvalue weighted by Gasteiger charge is 2.28. The largest absolute Gasteiger partial charge is 0.493 e. The van der Waals surface area contributed by atoms with Gasteiger partial charge in [0.2, 0.25) is 0 Å². The fourth-order valence-corrected chi connectivity index (χ4v) is 5.64. The number of carbonyl (C=O) groups excluding carboxylic acids is 1. The molecule has 2 aromatic heterocycles. The van der Waals surface area contributed by atoms with Gasteiger partial charge in [-0.2, -0.15) is 0 Å². The number of unbranched alkanes of at least 4 members (excludes halogenated alkanes) is 2. The first-order valence-electron chi connectivity index (χ1n) is 14.8. The molecule has 40 heavy (non-hydrogen) atoms. The zero-order chi connectivity index (χ0) is 27.9. The smallest absolute Gasteiger partial charge is 0.324 e. The van der Waals surface area contributed by atoms with Gasteiger partial charge in [0, 0.05) is 88.4 Å². The molecule has 3 aromatic rings. The van der Waals surface area contributed by atoms with Crippen molar-refractivity contribution in [1.82, 2.24) is 24.3 Å². The molecule has 1 aromatic carbocycles. The highest BCUT2D eigenvalue weighted by Crippen LogP contribution is 2.33. The first-order chi connectivity index (χ1) is 19.6. The first-order valence-corrected chi connectivity index (χ1v) is 14.8. The van der Waals surface area contributed by atoms with Crippen LogP contribution in [-0.2, 0) is 13.1 Å². The summed E-state index contributed by atoms with van der Waals surface area (Å²) >= 11 is 0. The molecule has 9 heteroatoms. The van der Waals surface area contributed by atoms with Gasteiger partial charge in [0.15, 0.2) is 11.5 Å². The Morgan fingerprint density at radius 3 is 2.60 bits per heavy atom. The molecule has 0 N–H and O–H groups in total. The van der Waals surface area contributed by atoms with Gasteiger partial charge in [0.05, 0.1) is 13.7 Å². The van der Waals surface area contributed by atoms with Crippen LogP contribution in [0.2, 0.25) is 0 Å². The van der Waals surface area contributed by atoms with Crippen LogP contribution >= 0.6 is 0 Å². The second-order valence-electron chi connectivity index (χ2n) is 11.0. The number of urea groups is 1. The maximum Gasteiger partial charge on any atom is 0.324 e. The number of carbonyl (C=O) groups is 1. The van der Waals surface area contributed by atoms with Crippen LogP contribution in [0.4, 0.5) is 10.5 Å². The quantitative estimate of drug-likeness (QED) is 0.306. The van der Waals surface area contributed by atoms with Crippen LogP contribution in [0, 0.1) is 0 Å². The van der Waals surface area contributed by atoms with Gasteiger partial charge in [-0.05, 0) is 49.7 Å². The van der Waals surface area contributed by atoms with Crippen LogP contribution in [0.15, 0.2) is 42.7 Å². The Morgan fingerprint density at radius 1 is 0.950 bits per heavy atom. The van der Waals surface area contributed by atoms with Crippen molar-refractivity contribution in [3.63, 3.8) is 0 Å². The average Bonchev–Trinajstić information content (AvgIpc) is 3.40. The molecule has 5 rings (SSSR count). The first kappa shape index (κ1) is 28.2. The van der Waals surface area contributed by atoms with Crippen molar-refractivity contribution in [1.29, 1.82) is 0 Å². The van der Waals surface area contributed by atoms with Gasteiger partial charge in [-0.3, -0.25) is 9.80 Å². The topological polar surface area (TPSA) is 66.3 Å². The van der Waals surface area contributed by atoms with Crippen molar-refractivity contribution < 1.29 is 14.3 Å². The molecule has 2 aliphatic rings. The average molecular weight is 549 g/mol. The van der Waals surface area contributed by atoms with E-state index in [2.05, 4.69) is 46.7 Å². The van der Waals surface area contributed by atoms with Gasteiger partial charge in [-0.15, -0.1) is 0 Å². The lowest BCUT2D eigenvalue weighted by Gasteiger charge is -2.36. The summed E-state index contributed by atoms with van der Waals surface area (Å²) in [6, 6.07) is 10.0. The van der Waals surface area contributed by atoms with Crippen LogP contribution in [0.1, 0.15) is 38.2 Å². The van der Waals surface area contributed by atoms with Gasteiger partial charge in [-0.1, -0.05) is 19.8 Å². The molecule has 0 spiro atoms. The SMILES string of the molecule is CCCCCOc1cc(N2CCCN(Cc3ccnc4c3ccn4CCN3CCN(C)CC3)C2=O)ccc1OC. The number of amides is 2. The minimum absolute atomic E-state index is 0.0211. The predicted molar refractivity (Wildman–Crippen MR) is 159 cm³/mol. The number of hydrogen-bond donors (Lipinski definition) is 0. The van der Waals surface area contributed by atoms with Crippen molar-refractivity contribution >= 4 is 22.8 Å². The third-order valence-corrected chi connectivity index (χ3v) is 8.14. The Bertz CT molecular complexity index is 1270. The number of likely N-dealkylation sites (N-methyl/N-ethyl adjacent to an activating group) is 1. The van der Waals surface area contributed by atoms with Crippen LogP contribution in [0.5, 0.6) is 11.5 Å². The highest BCUT2D eigenvalue weighted by atomic mass is 16.5. The molecule has 0 radical (unpaired) electrons. The summed E-state index contributed by atoms with van der Waals surface area (Å²) in [6.45, 7) is 11.2. The van der Waals surface area contributed by atoms with Crippen LogP contribution in [0.3, 0.4) is 0 Å². The molecule has 2 fully saturated rings. The Balaban J connectivity index is 1.26. The molecular formula is C31H44N6O3. The predicted octanol–water partition coefficient (Wildman–Crippen LogP) is 4.69. The van der Waals surface area contributed by atoms with E-state index < -0.39 is 0 Å². The van der Waals surface area contributed by atoms with E-state index in [0.29, 0.717) is 31.2 Å². The summed E-state index contributed by atoms with van der Waals surface area (Å²) in [6.07, 6.45) is 8.19. The highest BCUT2D eigenvalue weighted by molar-refractivity contribution is 5.93. The van der Waals surface area contributed by atoms with E-state index in [9.17, 15) is 4.79 Å². The summed E-state index contributed by atoms with van der Waals surface area (Å²) in [5.74, 6) is 1.38. The lowest BCUT2D eigenvalue weighted by Crippen LogP contribution is -2.49. The molecule has 0 saturated carbocycles. The molecule has 0 aliphatic carbocycles. The molecule has 9 nitrogen and oxygen atoms in total. The molecule has 2 aliphatic heterocycles. The number of anilines is 1. The molecule has 2 amide bonds. The summed E-state index contributed by atoms with van der Waals surface area (Å²) in [4.78, 5) is 27.1. The van der Waals surface area contributed by atoms with E-state index in [1.807, 2.05) is 34.2 Å². The van der Waals surface area contributed by atoms with Gasteiger partial charge in [0.25, 0.3) is 0 Å². The molecule has 216 valence electrons. The Labute approximate surface area is 238 Å². The van der Waals surface area contributed by atoms with E-state index in [4.69, 9.17) is 14.5 Å². The molecule has 0 atom stereocenters. The maximum atomic E-state index is 13.7. The summed E-state index contributed by atoms with van der Waals surface area (Å²) in [5, 5.41) is 1.12. The third kappa shape index (κ3) is 6.53. The number of benzene rings is 1. The number of ether oxygens (including phenoxy) is 2. The third-order valence-electron chi connectivity index (χ3n) is 8.14. The minimum Gasteiger partial charge on any atom is -0.493 e. The number of piperazine rings is 1. The zero-order valence-corrected chi connectivity index (χ0v) is 24.3. The maximum absolute atomic E-state index is 13.7. The number of fused-ring (bicyclic) bond motifs is 1. The summed E-state index contributed by atoms with van der Waals surface area (Å²) in [7, 11) is 3.84. The number of nitrogens with zero attached hydrogens (tertiary/aromatic N) is 6. The van der Waals surface area contributed by atoms with E-state index in [1.54, 1.807) is 7.11 Å². The van der Waals surface area contributed by atoms with Crippen molar-refractivity contribution in [3.05, 3.63) is 48.3 Å². The molecule has 2 saturated heterocycles. The van der Waals surface area contributed by atoms with Crippen LogP contribution in [-0.4, -0.2) is 96.9 Å². The van der Waals surface area contributed by atoms with Gasteiger partial charge >= 0.3 is 6.03 Å². The van der Waals surface area contributed by atoms with Crippen LogP contribution in [0.25, 0.3) is 11.0 Å². The lowest BCUT2D eigenvalue weighted by atomic mass is 10.1. The zero-order valence-electron chi connectivity index (χ0n) is 24.3. The second kappa shape index (κ2) is 13.4. The molecule has 4 heterocycles. The Kier molecular flexibility index (Phi) is 9.44. The van der Waals surface area contributed by atoms with E-state index >= 15 is 0 Å². The molecule has 0 unspecified atom stereocenters. The number of rotatable bonds is 12. The van der Waals surface area contributed by atoms with E-state index in [0.717, 1.165) is 93.8 Å².